The highest BCUT2D eigenvalue weighted by molar-refractivity contribution is 6.33. The maximum Gasteiger partial charge on any atom is 0.419 e. The van der Waals surface area contributed by atoms with Gasteiger partial charge in [0.2, 0.25) is 11.8 Å². The van der Waals surface area contributed by atoms with Crippen LogP contribution in [-0.4, -0.2) is 15.5 Å². The van der Waals surface area contributed by atoms with Crippen LogP contribution >= 0.6 is 11.6 Å². The van der Waals surface area contributed by atoms with Crippen LogP contribution in [0.5, 0.6) is 0 Å². The fourth-order valence-corrected chi connectivity index (χ4v) is 3.13. The number of nitrogens with zero attached hydrogens (tertiary/aromatic N) is 2. The van der Waals surface area contributed by atoms with Crippen molar-refractivity contribution in [2.24, 2.45) is 7.05 Å². The molecular formula is C20H16ClN3O4. The number of aryl methyl sites for hydroxylation is 2. The quantitative estimate of drug-likeness (QED) is 0.563. The molecule has 7 nitrogen and oxygen atoms in total. The van der Waals surface area contributed by atoms with E-state index in [1.54, 1.807) is 44.3 Å². The molecule has 0 fully saturated rings. The first-order valence-electron chi connectivity index (χ1n) is 8.53. The number of benzene rings is 2. The monoisotopic (exact) mass is 397 g/mol. The van der Waals surface area contributed by atoms with E-state index in [1.165, 1.54) is 4.57 Å². The van der Waals surface area contributed by atoms with Gasteiger partial charge in [0.05, 0.1) is 28.2 Å². The number of nitrogens with one attached hydrogen (secondary N) is 1. The Balaban J connectivity index is 1.53. The molecule has 2 aromatic carbocycles. The van der Waals surface area contributed by atoms with Crippen LogP contribution in [0.2, 0.25) is 5.02 Å². The van der Waals surface area contributed by atoms with Crippen LogP contribution in [0, 0.1) is 6.92 Å². The van der Waals surface area contributed by atoms with Crippen molar-refractivity contribution in [2.75, 3.05) is 5.32 Å². The van der Waals surface area contributed by atoms with Gasteiger partial charge in [0.25, 0.3) is 0 Å². The van der Waals surface area contributed by atoms with E-state index in [0.717, 1.165) is 0 Å². The molecule has 0 saturated heterocycles. The minimum atomic E-state index is -0.455. The molecule has 28 heavy (non-hydrogen) atoms. The van der Waals surface area contributed by atoms with Crippen LogP contribution in [0.15, 0.2) is 56.1 Å². The molecule has 0 aliphatic rings. The number of amides is 1. The molecule has 0 aliphatic carbocycles. The lowest BCUT2D eigenvalue weighted by molar-refractivity contribution is -0.115. The summed E-state index contributed by atoms with van der Waals surface area (Å²) in [6, 6.07) is 12.3. The zero-order valence-corrected chi connectivity index (χ0v) is 15.9. The van der Waals surface area contributed by atoms with Gasteiger partial charge in [-0.1, -0.05) is 23.7 Å². The standard InChI is InChI=1S/C20H16ClN3O4/c1-11-15(23-19(27-11)13-5-3-4-6-14(13)21)10-18(25)22-12-7-8-16-17(9-12)28-20(26)24(16)2/h3-9H,10H2,1-2H3,(H,22,25). The van der Waals surface area contributed by atoms with Gasteiger partial charge in [-0.25, -0.2) is 9.78 Å². The highest BCUT2D eigenvalue weighted by Crippen LogP contribution is 2.28. The number of oxazole rings is 2. The van der Waals surface area contributed by atoms with Gasteiger partial charge in [-0.2, -0.15) is 0 Å². The molecule has 0 radical (unpaired) electrons. The average molecular weight is 398 g/mol. The Kier molecular flexibility index (Phi) is 4.52. The third-order valence-corrected chi connectivity index (χ3v) is 4.73. The molecule has 4 aromatic rings. The predicted molar refractivity (Wildman–Crippen MR) is 105 cm³/mol. The molecule has 142 valence electrons. The van der Waals surface area contributed by atoms with Crippen molar-refractivity contribution in [3.8, 4) is 11.5 Å². The van der Waals surface area contributed by atoms with E-state index in [2.05, 4.69) is 10.3 Å². The van der Waals surface area contributed by atoms with Gasteiger partial charge >= 0.3 is 5.76 Å². The van der Waals surface area contributed by atoms with Crippen LogP contribution in [0.1, 0.15) is 11.5 Å². The number of hydrogen-bond acceptors (Lipinski definition) is 5. The average Bonchev–Trinajstić information content (AvgIpc) is 3.15. The fraction of sp³-hybridized carbons (Fsp3) is 0.150. The van der Waals surface area contributed by atoms with E-state index in [4.69, 9.17) is 20.4 Å². The topological polar surface area (TPSA) is 90.3 Å². The minimum absolute atomic E-state index is 0.0383. The summed E-state index contributed by atoms with van der Waals surface area (Å²) >= 11 is 6.18. The number of hydrogen-bond donors (Lipinski definition) is 1. The van der Waals surface area contributed by atoms with Gasteiger partial charge in [-0.05, 0) is 31.2 Å². The predicted octanol–water partition coefficient (Wildman–Crippen LogP) is 3.93. The summed E-state index contributed by atoms with van der Waals surface area (Å²) in [6.07, 6.45) is 0.0383. The maximum absolute atomic E-state index is 12.4. The molecular weight excluding hydrogens is 382 g/mol. The van der Waals surface area contributed by atoms with Crippen LogP contribution in [0.4, 0.5) is 5.69 Å². The summed E-state index contributed by atoms with van der Waals surface area (Å²) in [5.74, 6) is 0.205. The molecule has 0 aliphatic heterocycles. The van der Waals surface area contributed by atoms with Crippen molar-refractivity contribution < 1.29 is 13.6 Å². The summed E-state index contributed by atoms with van der Waals surface area (Å²) in [7, 11) is 1.62. The Morgan fingerprint density at radius 1 is 1.21 bits per heavy atom. The van der Waals surface area contributed by atoms with Gasteiger partial charge in [-0.3, -0.25) is 9.36 Å². The van der Waals surface area contributed by atoms with Crippen molar-refractivity contribution in [3.63, 3.8) is 0 Å². The third kappa shape index (κ3) is 3.32. The van der Waals surface area contributed by atoms with Crippen molar-refractivity contribution in [2.45, 2.75) is 13.3 Å². The van der Waals surface area contributed by atoms with Gasteiger partial charge < -0.3 is 14.2 Å². The van der Waals surface area contributed by atoms with E-state index in [-0.39, 0.29) is 12.3 Å². The van der Waals surface area contributed by atoms with Crippen molar-refractivity contribution in [1.29, 1.82) is 0 Å². The van der Waals surface area contributed by atoms with Gasteiger partial charge in [0, 0.05) is 18.8 Å². The van der Waals surface area contributed by atoms with Crippen molar-refractivity contribution in [3.05, 3.63) is 69.5 Å². The zero-order valence-electron chi connectivity index (χ0n) is 15.2. The van der Waals surface area contributed by atoms with Gasteiger partial charge in [0.1, 0.15) is 5.76 Å². The maximum atomic E-state index is 12.4. The Hall–Kier alpha value is -3.32. The van der Waals surface area contributed by atoms with Crippen LogP contribution in [0.3, 0.4) is 0 Å². The number of anilines is 1. The lowest BCUT2D eigenvalue weighted by atomic mass is 10.2. The first kappa shape index (κ1) is 18.1. The highest BCUT2D eigenvalue weighted by Gasteiger charge is 2.17. The lowest BCUT2D eigenvalue weighted by Crippen LogP contribution is -2.15. The minimum Gasteiger partial charge on any atom is -0.441 e. The van der Waals surface area contributed by atoms with Crippen molar-refractivity contribution >= 4 is 34.3 Å². The molecule has 0 unspecified atom stereocenters. The number of rotatable bonds is 4. The second-order valence-electron chi connectivity index (χ2n) is 6.34. The van der Waals surface area contributed by atoms with E-state index in [9.17, 15) is 9.59 Å². The van der Waals surface area contributed by atoms with Crippen LogP contribution < -0.4 is 11.1 Å². The number of halogens is 1. The normalized spacial score (nSPS) is 11.1. The Morgan fingerprint density at radius 3 is 2.79 bits per heavy atom. The second kappa shape index (κ2) is 7.01. The van der Waals surface area contributed by atoms with Crippen LogP contribution in [0.25, 0.3) is 22.6 Å². The molecule has 2 heterocycles. The molecule has 8 heteroatoms. The molecule has 0 atom stereocenters. The Bertz CT molecular complexity index is 1250. The summed E-state index contributed by atoms with van der Waals surface area (Å²) in [4.78, 5) is 28.4. The largest absolute Gasteiger partial charge is 0.441 e. The molecule has 0 saturated carbocycles. The van der Waals surface area contributed by atoms with E-state index in [0.29, 0.717) is 44.7 Å². The molecule has 0 spiro atoms. The number of aromatic nitrogens is 2. The number of carbonyl (C=O) groups excluding carboxylic acids is 1. The number of carbonyl (C=O) groups is 1. The Labute approximate surface area is 164 Å². The summed E-state index contributed by atoms with van der Waals surface area (Å²) < 4.78 is 12.2. The van der Waals surface area contributed by atoms with Crippen molar-refractivity contribution in [1.82, 2.24) is 9.55 Å². The fourth-order valence-electron chi connectivity index (χ4n) is 2.91. The van der Waals surface area contributed by atoms with Gasteiger partial charge in [0.15, 0.2) is 5.58 Å². The summed E-state index contributed by atoms with van der Waals surface area (Å²) in [5.41, 5.74) is 2.78. The number of fused-ring (bicyclic) bond motifs is 1. The first-order chi connectivity index (χ1) is 13.4. The second-order valence-corrected chi connectivity index (χ2v) is 6.74. The van der Waals surface area contributed by atoms with Crippen LogP contribution in [-0.2, 0) is 18.3 Å². The van der Waals surface area contributed by atoms with E-state index >= 15 is 0 Å². The van der Waals surface area contributed by atoms with E-state index in [1.807, 2.05) is 12.1 Å². The molecule has 0 bridgehead atoms. The first-order valence-corrected chi connectivity index (χ1v) is 8.91. The Morgan fingerprint density at radius 2 is 2.00 bits per heavy atom. The molecule has 4 rings (SSSR count). The molecule has 1 amide bonds. The third-order valence-electron chi connectivity index (χ3n) is 4.40. The molecule has 2 aromatic heterocycles. The van der Waals surface area contributed by atoms with E-state index < -0.39 is 5.76 Å². The SMILES string of the molecule is Cc1oc(-c2ccccc2Cl)nc1CC(=O)Nc1ccc2c(c1)oc(=O)n2C. The smallest absolute Gasteiger partial charge is 0.419 e. The highest BCUT2D eigenvalue weighted by atomic mass is 35.5. The zero-order chi connectivity index (χ0) is 19.8. The lowest BCUT2D eigenvalue weighted by Gasteiger charge is -2.04. The molecule has 1 N–H and O–H groups in total. The summed E-state index contributed by atoms with van der Waals surface area (Å²) in [5, 5.41) is 3.31. The van der Waals surface area contributed by atoms with Gasteiger partial charge in [-0.15, -0.1) is 0 Å². The summed E-state index contributed by atoms with van der Waals surface area (Å²) in [6.45, 7) is 1.75.